The van der Waals surface area contributed by atoms with Gasteiger partial charge in [-0.1, -0.05) is 11.6 Å². The lowest BCUT2D eigenvalue weighted by Crippen LogP contribution is -2.44. The number of hydrogen-bond donors (Lipinski definition) is 3. The molecule has 1 aromatic rings. The number of carbonyl (C=O) groups excluding carboxylic acids is 1. The maximum absolute atomic E-state index is 11.7. The third-order valence-electron chi connectivity index (χ3n) is 2.47. The highest BCUT2D eigenvalue weighted by molar-refractivity contribution is 7.98. The van der Waals surface area contributed by atoms with Crippen LogP contribution in [0.15, 0.2) is 12.1 Å². The van der Waals surface area contributed by atoms with E-state index in [1.165, 1.54) is 11.3 Å². The zero-order valence-electron chi connectivity index (χ0n) is 10.8. The minimum Gasteiger partial charge on any atom is -0.396 e. The van der Waals surface area contributed by atoms with Crippen molar-refractivity contribution in [1.82, 2.24) is 10.6 Å². The fourth-order valence-electron chi connectivity index (χ4n) is 1.58. The fraction of sp³-hybridized carbons (Fsp3) is 0.583. The topological polar surface area (TPSA) is 61.4 Å². The second kappa shape index (κ2) is 9.47. The van der Waals surface area contributed by atoms with Gasteiger partial charge >= 0.3 is 6.03 Å². The van der Waals surface area contributed by atoms with Crippen LogP contribution in [0.25, 0.3) is 0 Å². The summed E-state index contributed by atoms with van der Waals surface area (Å²) in [4.78, 5) is 12.8. The van der Waals surface area contributed by atoms with Crippen LogP contribution in [0.5, 0.6) is 0 Å². The van der Waals surface area contributed by atoms with E-state index in [9.17, 15) is 4.79 Å². The average Bonchev–Trinajstić information content (AvgIpc) is 2.76. The number of carbonyl (C=O) groups is 1. The number of hydrogen-bond acceptors (Lipinski definition) is 4. The first kappa shape index (κ1) is 16.6. The van der Waals surface area contributed by atoms with E-state index >= 15 is 0 Å². The molecule has 0 saturated carbocycles. The zero-order chi connectivity index (χ0) is 14.1. The summed E-state index contributed by atoms with van der Waals surface area (Å²) in [6.45, 7) is 0.660. The van der Waals surface area contributed by atoms with Crippen molar-refractivity contribution in [1.29, 1.82) is 0 Å². The van der Waals surface area contributed by atoms with Gasteiger partial charge in [-0.05, 0) is 31.2 Å². The van der Waals surface area contributed by atoms with Crippen molar-refractivity contribution in [3.05, 3.63) is 21.3 Å². The molecule has 7 heteroatoms. The Bertz CT molecular complexity index is 382. The molecule has 1 heterocycles. The second-order valence-corrected chi connectivity index (χ2v) is 6.73. The zero-order valence-corrected chi connectivity index (χ0v) is 13.2. The van der Waals surface area contributed by atoms with E-state index in [4.69, 9.17) is 16.7 Å². The number of thioether (sulfide) groups is 1. The van der Waals surface area contributed by atoms with Crippen molar-refractivity contribution in [3.8, 4) is 0 Å². The first-order valence-electron chi connectivity index (χ1n) is 6.04. The third kappa shape index (κ3) is 7.06. The van der Waals surface area contributed by atoms with Crippen molar-refractivity contribution < 1.29 is 9.90 Å². The molecule has 2 amide bonds. The van der Waals surface area contributed by atoms with E-state index in [-0.39, 0.29) is 18.7 Å². The highest BCUT2D eigenvalue weighted by atomic mass is 35.5. The SMILES string of the molecule is CSCC(CCO)NC(=O)NCCc1ccc(Cl)s1. The van der Waals surface area contributed by atoms with Crippen molar-refractivity contribution in [2.75, 3.05) is 25.2 Å². The predicted molar refractivity (Wildman–Crippen MR) is 83.4 cm³/mol. The van der Waals surface area contributed by atoms with Crippen LogP contribution >= 0.6 is 34.7 Å². The van der Waals surface area contributed by atoms with Crippen molar-refractivity contribution in [2.45, 2.75) is 18.9 Å². The lowest BCUT2D eigenvalue weighted by molar-refractivity contribution is 0.231. The van der Waals surface area contributed by atoms with E-state index in [1.807, 2.05) is 18.4 Å². The summed E-state index contributed by atoms with van der Waals surface area (Å²) < 4.78 is 0.766. The minimum absolute atomic E-state index is 0.0104. The molecule has 1 atom stereocenters. The summed E-state index contributed by atoms with van der Waals surface area (Å²) in [5.74, 6) is 0.800. The number of thiophene rings is 1. The number of rotatable bonds is 8. The summed E-state index contributed by atoms with van der Waals surface area (Å²) in [6.07, 6.45) is 3.33. The van der Waals surface area contributed by atoms with Gasteiger partial charge in [-0.25, -0.2) is 4.79 Å². The lowest BCUT2D eigenvalue weighted by Gasteiger charge is -2.17. The molecule has 0 fully saturated rings. The molecule has 1 unspecified atom stereocenters. The molecule has 0 aliphatic rings. The van der Waals surface area contributed by atoms with Crippen molar-refractivity contribution >= 4 is 40.7 Å². The smallest absolute Gasteiger partial charge is 0.315 e. The summed E-state index contributed by atoms with van der Waals surface area (Å²) in [5, 5.41) is 14.6. The molecule has 0 aliphatic carbocycles. The Morgan fingerprint density at radius 1 is 1.58 bits per heavy atom. The van der Waals surface area contributed by atoms with Crippen LogP contribution in [0.2, 0.25) is 4.34 Å². The molecular weight excluding hydrogens is 304 g/mol. The summed E-state index contributed by atoms with van der Waals surface area (Å²) in [5.41, 5.74) is 0. The Labute approximate surface area is 126 Å². The van der Waals surface area contributed by atoms with Crippen LogP contribution in [-0.4, -0.2) is 42.3 Å². The second-order valence-electron chi connectivity index (χ2n) is 4.02. The molecule has 1 rings (SSSR count). The Hall–Kier alpha value is -0.430. The highest BCUT2D eigenvalue weighted by Gasteiger charge is 2.10. The predicted octanol–water partition coefficient (Wildman–Crippen LogP) is 2.36. The number of urea groups is 1. The van der Waals surface area contributed by atoms with E-state index in [1.54, 1.807) is 11.8 Å². The van der Waals surface area contributed by atoms with E-state index in [0.717, 1.165) is 21.4 Å². The highest BCUT2D eigenvalue weighted by Crippen LogP contribution is 2.21. The number of aliphatic hydroxyl groups excluding tert-OH is 1. The largest absolute Gasteiger partial charge is 0.396 e. The van der Waals surface area contributed by atoms with Gasteiger partial charge in [0.05, 0.1) is 4.34 Å². The van der Waals surface area contributed by atoms with Gasteiger partial charge in [0.2, 0.25) is 0 Å². The molecule has 0 spiro atoms. The summed E-state index contributed by atoms with van der Waals surface area (Å²) >= 11 is 9.01. The van der Waals surface area contributed by atoms with Crippen LogP contribution in [0, 0.1) is 0 Å². The molecule has 0 aromatic carbocycles. The van der Waals surface area contributed by atoms with Gasteiger partial charge in [0, 0.05) is 29.8 Å². The number of aliphatic hydroxyl groups is 1. The number of halogens is 1. The quantitative estimate of drug-likeness (QED) is 0.688. The lowest BCUT2D eigenvalue weighted by atomic mass is 10.2. The maximum atomic E-state index is 11.7. The molecule has 3 N–H and O–H groups in total. The van der Waals surface area contributed by atoms with Crippen LogP contribution in [0.1, 0.15) is 11.3 Å². The van der Waals surface area contributed by atoms with Gasteiger partial charge in [-0.15, -0.1) is 11.3 Å². The first-order valence-corrected chi connectivity index (χ1v) is 8.63. The van der Waals surface area contributed by atoms with Crippen molar-refractivity contribution in [2.24, 2.45) is 0 Å². The molecule has 0 radical (unpaired) electrons. The molecule has 19 heavy (non-hydrogen) atoms. The van der Waals surface area contributed by atoms with Gasteiger partial charge < -0.3 is 15.7 Å². The Kier molecular flexibility index (Phi) is 8.29. The summed E-state index contributed by atoms with van der Waals surface area (Å²) in [7, 11) is 0. The van der Waals surface area contributed by atoms with Gasteiger partial charge in [0.1, 0.15) is 0 Å². The molecule has 0 bridgehead atoms. The molecule has 4 nitrogen and oxygen atoms in total. The Morgan fingerprint density at radius 3 is 2.95 bits per heavy atom. The molecule has 0 aliphatic heterocycles. The van der Waals surface area contributed by atoms with E-state index < -0.39 is 0 Å². The third-order valence-corrected chi connectivity index (χ3v) is 4.49. The van der Waals surface area contributed by atoms with E-state index in [0.29, 0.717) is 13.0 Å². The first-order chi connectivity index (χ1) is 9.15. The van der Waals surface area contributed by atoms with Crippen LogP contribution in [0.3, 0.4) is 0 Å². The van der Waals surface area contributed by atoms with Crippen LogP contribution < -0.4 is 10.6 Å². The molecular formula is C12H19ClN2O2S2. The van der Waals surface area contributed by atoms with Gasteiger partial charge in [-0.3, -0.25) is 0 Å². The molecule has 108 valence electrons. The monoisotopic (exact) mass is 322 g/mol. The number of nitrogens with one attached hydrogen (secondary N) is 2. The van der Waals surface area contributed by atoms with Crippen LogP contribution in [-0.2, 0) is 6.42 Å². The Balaban J connectivity index is 2.22. The average molecular weight is 323 g/mol. The maximum Gasteiger partial charge on any atom is 0.315 e. The molecule has 1 aromatic heterocycles. The van der Waals surface area contributed by atoms with Gasteiger partial charge in [-0.2, -0.15) is 11.8 Å². The minimum atomic E-state index is -0.185. The van der Waals surface area contributed by atoms with Crippen molar-refractivity contribution in [3.63, 3.8) is 0 Å². The van der Waals surface area contributed by atoms with Gasteiger partial charge in [0.15, 0.2) is 0 Å². The molecule has 0 saturated heterocycles. The Morgan fingerprint density at radius 2 is 2.37 bits per heavy atom. The van der Waals surface area contributed by atoms with Crippen LogP contribution in [0.4, 0.5) is 4.79 Å². The fourth-order valence-corrected chi connectivity index (χ4v) is 3.32. The van der Waals surface area contributed by atoms with E-state index in [2.05, 4.69) is 10.6 Å². The summed E-state index contributed by atoms with van der Waals surface area (Å²) in [6, 6.07) is 3.65. The number of amides is 2. The standard InChI is InChI=1S/C12H19ClN2O2S2/c1-18-8-9(5-7-16)15-12(17)14-6-4-10-2-3-11(13)19-10/h2-3,9,16H,4-8H2,1H3,(H2,14,15,17). The van der Waals surface area contributed by atoms with Gasteiger partial charge in [0.25, 0.3) is 0 Å². The normalized spacial score (nSPS) is 12.2.